The van der Waals surface area contributed by atoms with Crippen molar-refractivity contribution in [3.63, 3.8) is 0 Å². The van der Waals surface area contributed by atoms with E-state index >= 15 is 0 Å². The van der Waals surface area contributed by atoms with Crippen LogP contribution in [-0.2, 0) is 0 Å². The monoisotopic (exact) mass is 286 g/mol. The summed E-state index contributed by atoms with van der Waals surface area (Å²) in [5, 5.41) is 9.30. The van der Waals surface area contributed by atoms with Crippen LogP contribution < -0.4 is 5.56 Å². The van der Waals surface area contributed by atoms with E-state index in [4.69, 9.17) is 0 Å². The van der Waals surface area contributed by atoms with Crippen LogP contribution in [0.1, 0.15) is 16.1 Å². The minimum absolute atomic E-state index is 0.0854. The largest absolute Gasteiger partial charge is 0.478 e. The van der Waals surface area contributed by atoms with Crippen molar-refractivity contribution < 1.29 is 14.3 Å². The zero-order valence-electron chi connectivity index (χ0n) is 11.1. The first-order valence-electron chi connectivity index (χ1n) is 6.23. The van der Waals surface area contributed by atoms with Gasteiger partial charge in [0, 0.05) is 17.8 Å². The lowest BCUT2D eigenvalue weighted by atomic mass is 10.0. The van der Waals surface area contributed by atoms with Crippen molar-refractivity contribution in [2.45, 2.75) is 6.92 Å². The number of carboxylic acids is 1. The Bertz CT molecular complexity index is 911. The number of nitrogens with zero attached hydrogens (tertiary/aromatic N) is 2. The van der Waals surface area contributed by atoms with Crippen LogP contribution in [0, 0.1) is 12.7 Å². The number of hydrogen-bond acceptors (Lipinski definition) is 2. The summed E-state index contributed by atoms with van der Waals surface area (Å²) in [7, 11) is 0. The third kappa shape index (κ3) is 1.84. The molecule has 106 valence electrons. The summed E-state index contributed by atoms with van der Waals surface area (Å²) in [5.41, 5.74) is -0.443. The zero-order chi connectivity index (χ0) is 15.1. The van der Waals surface area contributed by atoms with Crippen LogP contribution in [-0.4, -0.2) is 20.4 Å². The van der Waals surface area contributed by atoms with Crippen molar-refractivity contribution in [2.24, 2.45) is 0 Å². The average molecular weight is 286 g/mol. The summed E-state index contributed by atoms with van der Waals surface area (Å²) in [5.74, 6) is -1.94. The molecule has 0 aliphatic carbocycles. The molecule has 0 unspecified atom stereocenters. The lowest BCUT2D eigenvalue weighted by Gasteiger charge is -2.16. The van der Waals surface area contributed by atoms with Crippen LogP contribution in [0.25, 0.3) is 10.8 Å². The average Bonchev–Trinajstić information content (AvgIpc) is 2.92. The van der Waals surface area contributed by atoms with Crippen molar-refractivity contribution in [1.29, 1.82) is 0 Å². The number of aromatic nitrogens is 2. The molecule has 5 nitrogen and oxygen atoms in total. The molecule has 0 fully saturated rings. The number of halogens is 1. The first-order valence-corrected chi connectivity index (χ1v) is 6.23. The second-order valence-electron chi connectivity index (χ2n) is 4.61. The summed E-state index contributed by atoms with van der Waals surface area (Å²) in [6, 6.07) is 7.36. The maximum atomic E-state index is 14.0. The van der Waals surface area contributed by atoms with E-state index in [-0.39, 0.29) is 22.0 Å². The van der Waals surface area contributed by atoms with Crippen molar-refractivity contribution in [3.8, 4) is 0 Å². The van der Waals surface area contributed by atoms with Gasteiger partial charge in [-0.3, -0.25) is 9.47 Å². The molecule has 2 heterocycles. The van der Waals surface area contributed by atoms with E-state index in [1.54, 1.807) is 24.5 Å². The van der Waals surface area contributed by atoms with Crippen LogP contribution in [0.3, 0.4) is 0 Å². The Morgan fingerprint density at radius 2 is 1.86 bits per heavy atom. The quantitative estimate of drug-likeness (QED) is 0.786. The first kappa shape index (κ1) is 13.1. The molecule has 0 atom stereocenters. The normalized spacial score (nSPS) is 11.0. The molecule has 0 saturated heterocycles. The van der Waals surface area contributed by atoms with Gasteiger partial charge in [0.1, 0.15) is 5.82 Å². The zero-order valence-corrected chi connectivity index (χ0v) is 11.1. The van der Waals surface area contributed by atoms with Gasteiger partial charge in [0.2, 0.25) is 0 Å². The van der Waals surface area contributed by atoms with Gasteiger partial charge in [0.15, 0.2) is 0 Å². The van der Waals surface area contributed by atoms with Gasteiger partial charge in [-0.2, -0.15) is 0 Å². The lowest BCUT2D eigenvalue weighted by Crippen LogP contribution is -2.30. The second kappa shape index (κ2) is 4.59. The van der Waals surface area contributed by atoms with Crippen LogP contribution in [0.2, 0.25) is 0 Å². The highest BCUT2D eigenvalue weighted by Gasteiger charge is 2.21. The molecule has 0 spiro atoms. The molecule has 0 bridgehead atoms. The highest BCUT2D eigenvalue weighted by molar-refractivity contribution is 6.04. The Balaban J connectivity index is 2.59. The van der Waals surface area contributed by atoms with Gasteiger partial charge in [0.25, 0.3) is 5.56 Å². The Hall–Kier alpha value is -2.89. The number of benzene rings is 1. The smallest absolute Gasteiger partial charge is 0.338 e. The van der Waals surface area contributed by atoms with Gasteiger partial charge in [-0.25, -0.2) is 13.9 Å². The molecule has 3 aromatic rings. The number of aromatic carboxylic acids is 1. The van der Waals surface area contributed by atoms with Crippen LogP contribution in [0.4, 0.5) is 4.39 Å². The van der Waals surface area contributed by atoms with Gasteiger partial charge >= 0.3 is 5.97 Å². The Morgan fingerprint density at radius 3 is 2.48 bits per heavy atom. The van der Waals surface area contributed by atoms with E-state index in [0.717, 1.165) is 10.7 Å². The molecule has 0 saturated carbocycles. The highest BCUT2D eigenvalue weighted by atomic mass is 19.1. The predicted octanol–water partition coefficient (Wildman–Crippen LogP) is 2.26. The number of carbonyl (C=O) groups is 1. The number of carboxylic acid groups (broad SMARTS) is 1. The van der Waals surface area contributed by atoms with Crippen molar-refractivity contribution >= 4 is 16.7 Å². The third-order valence-electron chi connectivity index (χ3n) is 3.40. The standard InChI is InChI=1S/C15H11FN2O3/c1-9-12(15(20)21)10-5-4-6-11(16)13(10)14(19)18(9)17-7-2-3-8-17/h2-8H,1H3,(H,20,21). The topological polar surface area (TPSA) is 64.2 Å². The van der Waals surface area contributed by atoms with Gasteiger partial charge in [0.05, 0.1) is 16.6 Å². The van der Waals surface area contributed by atoms with Gasteiger partial charge in [-0.05, 0) is 25.1 Å². The molecule has 2 aromatic heterocycles. The minimum atomic E-state index is -1.20. The lowest BCUT2D eigenvalue weighted by molar-refractivity contribution is 0.0697. The molecule has 0 aliphatic heterocycles. The molecule has 1 N–H and O–H groups in total. The van der Waals surface area contributed by atoms with E-state index in [0.29, 0.717) is 0 Å². The van der Waals surface area contributed by atoms with Crippen LogP contribution in [0.5, 0.6) is 0 Å². The van der Waals surface area contributed by atoms with E-state index in [9.17, 15) is 19.1 Å². The molecule has 21 heavy (non-hydrogen) atoms. The van der Waals surface area contributed by atoms with E-state index < -0.39 is 17.3 Å². The van der Waals surface area contributed by atoms with Crippen LogP contribution in [0.15, 0.2) is 47.5 Å². The molecule has 3 rings (SSSR count). The van der Waals surface area contributed by atoms with E-state index in [1.807, 2.05) is 0 Å². The summed E-state index contributed by atoms with van der Waals surface area (Å²) in [6.07, 6.45) is 3.18. The summed E-state index contributed by atoms with van der Waals surface area (Å²) in [6.45, 7) is 1.52. The van der Waals surface area contributed by atoms with E-state index in [2.05, 4.69) is 0 Å². The Labute approximate surface area is 118 Å². The number of hydrogen-bond donors (Lipinski definition) is 1. The van der Waals surface area contributed by atoms with Crippen LogP contribution >= 0.6 is 0 Å². The minimum Gasteiger partial charge on any atom is -0.478 e. The first-order chi connectivity index (χ1) is 10.0. The fraction of sp³-hybridized carbons (Fsp3) is 0.0667. The van der Waals surface area contributed by atoms with Crippen molar-refractivity contribution in [2.75, 3.05) is 0 Å². The fourth-order valence-corrected chi connectivity index (χ4v) is 2.52. The second-order valence-corrected chi connectivity index (χ2v) is 4.61. The van der Waals surface area contributed by atoms with Crippen molar-refractivity contribution in [3.05, 3.63) is 70.2 Å². The highest BCUT2D eigenvalue weighted by Crippen LogP contribution is 2.21. The maximum absolute atomic E-state index is 14.0. The third-order valence-corrected chi connectivity index (χ3v) is 3.40. The Morgan fingerprint density at radius 1 is 1.19 bits per heavy atom. The molecule has 0 aliphatic rings. The molecular weight excluding hydrogens is 275 g/mol. The molecule has 0 amide bonds. The predicted molar refractivity (Wildman–Crippen MR) is 75.1 cm³/mol. The number of rotatable bonds is 2. The molecule has 1 aromatic carbocycles. The number of fused-ring (bicyclic) bond motifs is 1. The van der Waals surface area contributed by atoms with Gasteiger partial charge in [-0.15, -0.1) is 0 Å². The molecule has 6 heteroatoms. The van der Waals surface area contributed by atoms with Crippen molar-refractivity contribution in [1.82, 2.24) is 9.35 Å². The summed E-state index contributed by atoms with van der Waals surface area (Å²) in [4.78, 5) is 24.1. The van der Waals surface area contributed by atoms with E-state index in [1.165, 1.54) is 23.7 Å². The molecule has 0 radical (unpaired) electrons. The van der Waals surface area contributed by atoms with Gasteiger partial charge in [-0.1, -0.05) is 12.1 Å². The summed E-state index contributed by atoms with van der Waals surface area (Å²) >= 11 is 0. The maximum Gasteiger partial charge on any atom is 0.338 e. The fourth-order valence-electron chi connectivity index (χ4n) is 2.52. The number of pyridine rings is 1. The SMILES string of the molecule is Cc1c(C(=O)O)c2cccc(F)c2c(=O)n1-n1cccc1. The molecular formula is C15H11FN2O3. The summed E-state index contributed by atoms with van der Waals surface area (Å²) < 4.78 is 16.6. The van der Waals surface area contributed by atoms with Gasteiger partial charge < -0.3 is 5.11 Å². The Kier molecular flexibility index (Phi) is 2.86.